The average molecular weight is 376 g/mol. The molecule has 1 aliphatic rings. The van der Waals surface area contributed by atoms with Crippen LogP contribution in [0.3, 0.4) is 0 Å². The van der Waals surface area contributed by atoms with Crippen molar-refractivity contribution in [2.45, 2.75) is 24.2 Å². The molecule has 0 bridgehead atoms. The van der Waals surface area contributed by atoms with Crippen LogP contribution >= 0.6 is 23.2 Å². The fourth-order valence-electron chi connectivity index (χ4n) is 2.15. The molecule has 1 aliphatic carbocycles. The smallest absolute Gasteiger partial charge is 0.315 e. The minimum Gasteiger partial charge on any atom is -0.493 e. The average Bonchev–Trinajstić information content (AvgIpc) is 3.09. The Bertz CT molecular complexity index is 649. The molecule has 0 spiro atoms. The zero-order valence-corrected chi connectivity index (χ0v) is 15.2. The van der Waals surface area contributed by atoms with Gasteiger partial charge in [0.1, 0.15) is 9.75 Å². The number of halogens is 2. The number of benzene rings is 1. The number of nitrogens with one attached hydrogen (secondary N) is 1. The Morgan fingerprint density at radius 1 is 1.21 bits per heavy atom. The molecule has 0 unspecified atom stereocenters. The molecular formula is C16H19Cl2NO5. The third kappa shape index (κ3) is 3.87. The molecule has 132 valence electrons. The van der Waals surface area contributed by atoms with Gasteiger partial charge in [-0.25, -0.2) is 0 Å². The highest BCUT2D eigenvalue weighted by molar-refractivity contribution is 6.53. The summed E-state index contributed by atoms with van der Waals surface area (Å²) < 4.78 is 14.2. The van der Waals surface area contributed by atoms with Crippen molar-refractivity contribution in [3.63, 3.8) is 0 Å². The predicted molar refractivity (Wildman–Crippen MR) is 89.5 cm³/mol. The van der Waals surface area contributed by atoms with Crippen molar-refractivity contribution in [2.24, 2.45) is 5.41 Å². The first-order valence-electron chi connectivity index (χ1n) is 7.26. The van der Waals surface area contributed by atoms with Gasteiger partial charge in [-0.15, -0.1) is 23.2 Å². The monoisotopic (exact) mass is 375 g/mol. The lowest BCUT2D eigenvalue weighted by atomic mass is 10.1. The number of hydrogen-bond donors (Lipinski definition) is 1. The summed E-state index contributed by atoms with van der Waals surface area (Å²) in [5.74, 6) is 0.175. The minimum atomic E-state index is -1.11. The summed E-state index contributed by atoms with van der Waals surface area (Å²) in [6.07, 6.45) is 0.315. The second kappa shape index (κ2) is 7.07. The van der Waals surface area contributed by atoms with E-state index in [0.717, 1.165) is 5.56 Å². The van der Waals surface area contributed by atoms with E-state index in [4.69, 9.17) is 37.4 Å². The van der Waals surface area contributed by atoms with Gasteiger partial charge in [0.05, 0.1) is 14.2 Å². The quantitative estimate of drug-likeness (QED) is 0.585. The molecular weight excluding hydrogens is 357 g/mol. The second-order valence-electron chi connectivity index (χ2n) is 5.76. The van der Waals surface area contributed by atoms with Crippen molar-refractivity contribution in [3.05, 3.63) is 23.8 Å². The first-order valence-corrected chi connectivity index (χ1v) is 8.02. The molecule has 24 heavy (non-hydrogen) atoms. The zero-order valence-electron chi connectivity index (χ0n) is 13.7. The van der Waals surface area contributed by atoms with Gasteiger partial charge in [0.25, 0.3) is 5.91 Å². The van der Waals surface area contributed by atoms with Gasteiger partial charge >= 0.3 is 5.97 Å². The molecule has 1 amide bonds. The van der Waals surface area contributed by atoms with Gasteiger partial charge in [-0.2, -0.15) is 0 Å². The summed E-state index contributed by atoms with van der Waals surface area (Å²) in [7, 11) is 3.08. The Morgan fingerprint density at radius 2 is 1.83 bits per heavy atom. The molecule has 1 atom stereocenters. The van der Waals surface area contributed by atoms with Crippen LogP contribution in [0.1, 0.15) is 18.9 Å². The maximum atomic E-state index is 11.9. The van der Waals surface area contributed by atoms with Crippen LogP contribution in [0, 0.1) is 5.41 Å². The number of esters is 1. The van der Waals surface area contributed by atoms with Crippen LogP contribution in [0.4, 0.5) is 0 Å². The molecule has 0 radical (unpaired) electrons. The number of methoxy groups -OCH3 is 2. The summed E-state index contributed by atoms with van der Waals surface area (Å²) in [6.45, 7) is 1.49. The van der Waals surface area contributed by atoms with E-state index in [0.29, 0.717) is 17.9 Å². The van der Waals surface area contributed by atoms with Gasteiger partial charge in [-0.1, -0.05) is 6.07 Å². The molecule has 1 N–H and O–H groups in total. The van der Waals surface area contributed by atoms with E-state index in [1.165, 1.54) is 7.11 Å². The Hall–Kier alpha value is -1.66. The number of carbonyl (C=O) groups is 2. The third-order valence-corrected chi connectivity index (χ3v) is 5.08. The lowest BCUT2D eigenvalue weighted by Gasteiger charge is -2.12. The van der Waals surface area contributed by atoms with Crippen LogP contribution in [-0.4, -0.2) is 37.0 Å². The number of amides is 1. The van der Waals surface area contributed by atoms with Gasteiger partial charge in [0.2, 0.25) is 0 Å². The van der Waals surface area contributed by atoms with E-state index >= 15 is 0 Å². The fourth-order valence-corrected chi connectivity index (χ4v) is 2.84. The van der Waals surface area contributed by atoms with Crippen molar-refractivity contribution < 1.29 is 23.8 Å². The van der Waals surface area contributed by atoms with E-state index in [2.05, 4.69) is 5.32 Å². The molecule has 6 nitrogen and oxygen atoms in total. The van der Waals surface area contributed by atoms with Gasteiger partial charge in [-0.05, 0) is 24.6 Å². The van der Waals surface area contributed by atoms with Gasteiger partial charge in [0.15, 0.2) is 18.1 Å². The van der Waals surface area contributed by atoms with Crippen molar-refractivity contribution in [3.8, 4) is 11.5 Å². The van der Waals surface area contributed by atoms with Crippen LogP contribution < -0.4 is 14.8 Å². The third-order valence-electron chi connectivity index (χ3n) is 3.98. The van der Waals surface area contributed by atoms with Gasteiger partial charge in [-0.3, -0.25) is 9.59 Å². The molecule has 8 heteroatoms. The van der Waals surface area contributed by atoms with Crippen LogP contribution in [-0.2, 0) is 20.9 Å². The Morgan fingerprint density at radius 3 is 2.38 bits per heavy atom. The molecule has 1 aromatic rings. The predicted octanol–water partition coefficient (Wildman–Crippen LogP) is 2.45. The number of ether oxygens (including phenoxy) is 3. The largest absolute Gasteiger partial charge is 0.493 e. The lowest BCUT2D eigenvalue weighted by Crippen LogP contribution is -2.31. The molecule has 1 fully saturated rings. The van der Waals surface area contributed by atoms with Crippen LogP contribution in [0.25, 0.3) is 0 Å². The first kappa shape index (κ1) is 18.7. The van der Waals surface area contributed by atoms with Crippen molar-refractivity contribution in [1.29, 1.82) is 0 Å². The maximum absolute atomic E-state index is 11.9. The standard InChI is InChI=1S/C16H19Cl2NO5/c1-15(9-16(15,17)18)14(21)24-8-13(20)19-7-10-4-5-11(22-2)12(6-10)23-3/h4-6H,7-9H2,1-3H3,(H,19,20)/t15-/m0/s1. The summed E-state index contributed by atoms with van der Waals surface area (Å²) >= 11 is 11.8. The molecule has 2 rings (SSSR count). The topological polar surface area (TPSA) is 73.9 Å². The molecule has 0 heterocycles. The molecule has 0 aromatic heterocycles. The molecule has 1 saturated carbocycles. The number of rotatable bonds is 7. The van der Waals surface area contributed by atoms with E-state index in [1.807, 2.05) is 0 Å². The van der Waals surface area contributed by atoms with Gasteiger partial charge < -0.3 is 19.5 Å². The van der Waals surface area contributed by atoms with E-state index in [1.54, 1.807) is 32.2 Å². The summed E-state index contributed by atoms with van der Waals surface area (Å²) in [6, 6.07) is 5.30. The van der Waals surface area contributed by atoms with Gasteiger partial charge in [0, 0.05) is 13.0 Å². The summed E-state index contributed by atoms with van der Waals surface area (Å²) in [5, 5.41) is 2.66. The Balaban J connectivity index is 1.80. The number of alkyl halides is 2. The molecule has 1 aromatic carbocycles. The minimum absolute atomic E-state index is 0.267. The van der Waals surface area contributed by atoms with Crippen LogP contribution in [0.5, 0.6) is 11.5 Å². The molecule has 0 aliphatic heterocycles. The Labute approximate surface area is 150 Å². The second-order valence-corrected chi connectivity index (χ2v) is 7.24. The SMILES string of the molecule is COc1ccc(CNC(=O)COC(=O)[C@]2(C)CC2(Cl)Cl)cc1OC. The number of hydrogen-bond acceptors (Lipinski definition) is 5. The van der Waals surface area contributed by atoms with Crippen LogP contribution in [0.15, 0.2) is 18.2 Å². The normalized spacial score (nSPS) is 20.9. The lowest BCUT2D eigenvalue weighted by molar-refractivity contribution is -0.153. The van der Waals surface area contributed by atoms with Crippen molar-refractivity contribution in [2.75, 3.05) is 20.8 Å². The van der Waals surface area contributed by atoms with Crippen LogP contribution in [0.2, 0.25) is 0 Å². The summed E-state index contributed by atoms with van der Waals surface area (Å²) in [4.78, 5) is 23.7. The van der Waals surface area contributed by atoms with E-state index < -0.39 is 21.6 Å². The van der Waals surface area contributed by atoms with Crippen molar-refractivity contribution in [1.82, 2.24) is 5.32 Å². The fraction of sp³-hybridized carbons (Fsp3) is 0.500. The highest BCUT2D eigenvalue weighted by atomic mass is 35.5. The zero-order chi connectivity index (χ0) is 18.0. The summed E-state index contributed by atoms with van der Waals surface area (Å²) in [5.41, 5.74) is -0.123. The van der Waals surface area contributed by atoms with E-state index in [9.17, 15) is 9.59 Å². The highest BCUT2D eigenvalue weighted by Gasteiger charge is 2.69. The molecule has 0 saturated heterocycles. The maximum Gasteiger partial charge on any atom is 0.315 e. The Kier molecular flexibility index (Phi) is 5.50. The highest BCUT2D eigenvalue weighted by Crippen LogP contribution is 2.64. The number of carbonyl (C=O) groups excluding carboxylic acids is 2. The first-order chi connectivity index (χ1) is 11.2. The van der Waals surface area contributed by atoms with Crippen molar-refractivity contribution >= 4 is 35.1 Å². The van der Waals surface area contributed by atoms with E-state index in [-0.39, 0.29) is 13.2 Å².